The molecular weight excluding hydrogens is 299 g/mol. The Morgan fingerprint density at radius 1 is 1.45 bits per heavy atom. The summed E-state index contributed by atoms with van der Waals surface area (Å²) in [7, 11) is 0. The van der Waals surface area contributed by atoms with E-state index in [4.69, 9.17) is 23.2 Å². The fourth-order valence-corrected chi connectivity index (χ4v) is 1.98. The zero-order valence-corrected chi connectivity index (χ0v) is 12.0. The molecule has 0 radical (unpaired) electrons. The number of rotatable bonds is 3. The number of amides is 1. The molecule has 1 aromatic heterocycles. The Balaban J connectivity index is 2.50. The van der Waals surface area contributed by atoms with Crippen LogP contribution in [0.2, 0.25) is 10.0 Å². The summed E-state index contributed by atoms with van der Waals surface area (Å²) < 4.78 is 1.35. The maximum absolute atomic E-state index is 11.8. The molecule has 0 aliphatic carbocycles. The number of hydrogen-bond acceptors (Lipinski definition) is 3. The highest BCUT2D eigenvalue weighted by molar-refractivity contribution is 6.42. The SMILES string of the molecule is CCNC(=O)c1cnn(-c2ccc(Cl)c(Cl)c2)c1C#N. The van der Waals surface area contributed by atoms with E-state index in [-0.39, 0.29) is 17.2 Å². The summed E-state index contributed by atoms with van der Waals surface area (Å²) in [6.45, 7) is 2.27. The van der Waals surface area contributed by atoms with Gasteiger partial charge in [0.2, 0.25) is 0 Å². The van der Waals surface area contributed by atoms with Crippen LogP contribution in [0.1, 0.15) is 23.0 Å². The van der Waals surface area contributed by atoms with E-state index in [1.54, 1.807) is 25.1 Å². The van der Waals surface area contributed by atoms with Gasteiger partial charge in [-0.2, -0.15) is 10.4 Å². The van der Waals surface area contributed by atoms with E-state index in [2.05, 4.69) is 10.4 Å². The predicted molar refractivity (Wildman–Crippen MR) is 76.3 cm³/mol. The molecule has 0 aliphatic rings. The molecule has 0 fully saturated rings. The second-order valence-electron chi connectivity index (χ2n) is 3.89. The lowest BCUT2D eigenvalue weighted by Gasteiger charge is -2.05. The minimum absolute atomic E-state index is 0.148. The monoisotopic (exact) mass is 308 g/mol. The quantitative estimate of drug-likeness (QED) is 0.947. The maximum Gasteiger partial charge on any atom is 0.255 e. The number of nitrogens with one attached hydrogen (secondary N) is 1. The van der Waals surface area contributed by atoms with Crippen molar-refractivity contribution in [1.82, 2.24) is 15.1 Å². The molecule has 2 aromatic rings. The van der Waals surface area contributed by atoms with Crippen molar-refractivity contribution >= 4 is 29.1 Å². The van der Waals surface area contributed by atoms with Crippen LogP contribution < -0.4 is 5.32 Å². The van der Waals surface area contributed by atoms with Crippen LogP contribution >= 0.6 is 23.2 Å². The van der Waals surface area contributed by atoms with E-state index in [0.29, 0.717) is 22.3 Å². The zero-order valence-electron chi connectivity index (χ0n) is 10.5. The van der Waals surface area contributed by atoms with Crippen LogP contribution in [-0.4, -0.2) is 22.2 Å². The minimum Gasteiger partial charge on any atom is -0.352 e. The van der Waals surface area contributed by atoms with Gasteiger partial charge >= 0.3 is 0 Å². The molecule has 1 amide bonds. The van der Waals surface area contributed by atoms with Gasteiger partial charge in [0.15, 0.2) is 5.69 Å². The molecule has 0 saturated heterocycles. The van der Waals surface area contributed by atoms with Crippen molar-refractivity contribution in [3.8, 4) is 11.8 Å². The highest BCUT2D eigenvalue weighted by Crippen LogP contribution is 2.25. The Morgan fingerprint density at radius 2 is 2.20 bits per heavy atom. The van der Waals surface area contributed by atoms with Crippen molar-refractivity contribution in [2.75, 3.05) is 6.54 Å². The fraction of sp³-hybridized carbons (Fsp3) is 0.154. The lowest BCUT2D eigenvalue weighted by molar-refractivity contribution is 0.0955. The average Bonchev–Trinajstić information content (AvgIpc) is 2.86. The molecule has 5 nitrogen and oxygen atoms in total. The third kappa shape index (κ3) is 2.62. The molecule has 0 spiro atoms. The number of aromatic nitrogens is 2. The number of benzene rings is 1. The van der Waals surface area contributed by atoms with Gasteiger partial charge in [0.1, 0.15) is 6.07 Å². The second kappa shape index (κ2) is 5.95. The molecule has 7 heteroatoms. The third-order valence-corrected chi connectivity index (χ3v) is 3.34. The van der Waals surface area contributed by atoms with Gasteiger partial charge < -0.3 is 5.32 Å². The molecule has 0 aliphatic heterocycles. The molecule has 1 heterocycles. The van der Waals surface area contributed by atoms with Crippen molar-refractivity contribution in [1.29, 1.82) is 5.26 Å². The van der Waals surface area contributed by atoms with Crippen molar-refractivity contribution in [3.05, 3.63) is 45.7 Å². The smallest absolute Gasteiger partial charge is 0.255 e. The molecule has 0 bridgehead atoms. The van der Waals surface area contributed by atoms with E-state index in [0.717, 1.165) is 0 Å². The molecule has 0 atom stereocenters. The van der Waals surface area contributed by atoms with Crippen molar-refractivity contribution in [2.24, 2.45) is 0 Å². The van der Waals surface area contributed by atoms with Crippen LogP contribution in [0.5, 0.6) is 0 Å². The van der Waals surface area contributed by atoms with E-state index >= 15 is 0 Å². The lowest BCUT2D eigenvalue weighted by atomic mass is 10.2. The Kier molecular flexibility index (Phi) is 4.28. The second-order valence-corrected chi connectivity index (χ2v) is 4.70. The molecule has 0 saturated carbocycles. The Labute approximate surface area is 125 Å². The summed E-state index contributed by atoms with van der Waals surface area (Å²) in [5, 5.41) is 16.7. The number of carbonyl (C=O) groups excluding carboxylic acids is 1. The third-order valence-electron chi connectivity index (χ3n) is 2.60. The summed E-state index contributed by atoms with van der Waals surface area (Å²) in [4.78, 5) is 11.8. The first-order chi connectivity index (χ1) is 9.58. The van der Waals surface area contributed by atoms with Crippen molar-refractivity contribution in [3.63, 3.8) is 0 Å². The molecule has 20 heavy (non-hydrogen) atoms. The van der Waals surface area contributed by atoms with Gasteiger partial charge in [-0.1, -0.05) is 23.2 Å². The van der Waals surface area contributed by atoms with Crippen molar-refractivity contribution in [2.45, 2.75) is 6.92 Å². The van der Waals surface area contributed by atoms with E-state index in [9.17, 15) is 10.1 Å². The standard InChI is InChI=1S/C13H10Cl2N4O/c1-2-17-13(20)9-7-18-19(12(9)6-16)8-3-4-10(14)11(15)5-8/h3-5,7H,2H2,1H3,(H,17,20). The molecule has 1 N–H and O–H groups in total. The van der Waals surface area contributed by atoms with Crippen molar-refractivity contribution < 1.29 is 4.79 Å². The van der Waals surface area contributed by atoms with Crippen LogP contribution in [0.4, 0.5) is 0 Å². The largest absolute Gasteiger partial charge is 0.352 e. The van der Waals surface area contributed by atoms with Gasteiger partial charge in [0.25, 0.3) is 5.91 Å². The van der Waals surface area contributed by atoms with Gasteiger partial charge in [-0.3, -0.25) is 4.79 Å². The Hall–Kier alpha value is -2.03. The lowest BCUT2D eigenvalue weighted by Crippen LogP contribution is -2.23. The highest BCUT2D eigenvalue weighted by atomic mass is 35.5. The average molecular weight is 309 g/mol. The summed E-state index contributed by atoms with van der Waals surface area (Å²) in [6, 6.07) is 6.84. The van der Waals surface area contributed by atoms with Crippen LogP contribution in [0.3, 0.4) is 0 Å². The molecule has 1 aromatic carbocycles. The van der Waals surface area contributed by atoms with Gasteiger partial charge in [0, 0.05) is 6.54 Å². The van der Waals surface area contributed by atoms with Crippen LogP contribution in [0.15, 0.2) is 24.4 Å². The van der Waals surface area contributed by atoms with Gasteiger partial charge in [0.05, 0.1) is 27.5 Å². The maximum atomic E-state index is 11.8. The first kappa shape index (κ1) is 14.4. The minimum atomic E-state index is -0.338. The van der Waals surface area contributed by atoms with Crippen LogP contribution in [0.25, 0.3) is 5.69 Å². The first-order valence-corrected chi connectivity index (χ1v) is 6.55. The normalized spacial score (nSPS) is 10.1. The van der Waals surface area contributed by atoms with Gasteiger partial charge in [-0.25, -0.2) is 4.68 Å². The summed E-state index contributed by atoms with van der Waals surface area (Å²) in [6.07, 6.45) is 1.35. The van der Waals surface area contributed by atoms with E-state index in [1.807, 2.05) is 6.07 Å². The van der Waals surface area contributed by atoms with Crippen LogP contribution in [-0.2, 0) is 0 Å². The molecule has 2 rings (SSSR count). The molecule has 0 unspecified atom stereocenters. The summed E-state index contributed by atoms with van der Waals surface area (Å²) >= 11 is 11.8. The van der Waals surface area contributed by atoms with Gasteiger partial charge in [-0.05, 0) is 25.1 Å². The van der Waals surface area contributed by atoms with Gasteiger partial charge in [-0.15, -0.1) is 0 Å². The number of halogens is 2. The first-order valence-electron chi connectivity index (χ1n) is 5.80. The topological polar surface area (TPSA) is 70.7 Å². The number of nitriles is 1. The van der Waals surface area contributed by atoms with E-state index < -0.39 is 0 Å². The zero-order chi connectivity index (χ0) is 14.7. The summed E-state index contributed by atoms with van der Waals surface area (Å²) in [5.74, 6) is -0.338. The predicted octanol–water partition coefficient (Wildman–Crippen LogP) is 2.80. The Bertz CT molecular complexity index is 703. The Morgan fingerprint density at radius 3 is 2.80 bits per heavy atom. The fourth-order valence-electron chi connectivity index (χ4n) is 1.69. The van der Waals surface area contributed by atoms with E-state index in [1.165, 1.54) is 10.9 Å². The highest BCUT2D eigenvalue weighted by Gasteiger charge is 2.18. The number of nitrogens with zero attached hydrogens (tertiary/aromatic N) is 3. The molecular formula is C13H10Cl2N4O. The number of carbonyl (C=O) groups is 1. The van der Waals surface area contributed by atoms with Crippen LogP contribution in [0, 0.1) is 11.3 Å². The molecule has 102 valence electrons. The summed E-state index contributed by atoms with van der Waals surface area (Å²) in [5.41, 5.74) is 0.932. The number of hydrogen-bond donors (Lipinski definition) is 1.